The lowest BCUT2D eigenvalue weighted by atomic mass is 9.99. The average molecular weight is 417 g/mol. The highest BCUT2D eigenvalue weighted by Crippen LogP contribution is 2.18. The molecule has 0 radical (unpaired) electrons. The van der Waals surface area contributed by atoms with Gasteiger partial charge in [0.05, 0.1) is 17.5 Å². The van der Waals surface area contributed by atoms with E-state index in [1.165, 1.54) is 28.6 Å². The third-order valence-electron chi connectivity index (χ3n) is 4.65. The van der Waals surface area contributed by atoms with Gasteiger partial charge in [-0.3, -0.25) is 9.59 Å². The van der Waals surface area contributed by atoms with Crippen LogP contribution in [0.4, 0.5) is 0 Å². The first kappa shape index (κ1) is 22.3. The Bertz CT molecular complexity index is 1010. The number of aromatic nitrogens is 4. The van der Waals surface area contributed by atoms with E-state index in [0.717, 1.165) is 5.56 Å². The number of halogens is 1. The maximum absolute atomic E-state index is 12.5. The number of H-pyrrole nitrogens is 1. The fraction of sp³-hybridized carbons (Fsp3) is 0.300. The molecule has 2 aromatic heterocycles. The Morgan fingerprint density at radius 1 is 1.17 bits per heavy atom. The van der Waals surface area contributed by atoms with Crippen molar-refractivity contribution >= 4 is 18.3 Å². The van der Waals surface area contributed by atoms with Gasteiger partial charge in [-0.2, -0.15) is 10.2 Å². The van der Waals surface area contributed by atoms with Gasteiger partial charge in [0.15, 0.2) is 5.82 Å². The molecule has 0 aliphatic heterocycles. The van der Waals surface area contributed by atoms with Gasteiger partial charge in [0.1, 0.15) is 0 Å². The van der Waals surface area contributed by atoms with E-state index in [1.807, 2.05) is 12.1 Å². The molecule has 0 saturated heterocycles. The van der Waals surface area contributed by atoms with Crippen LogP contribution in [0.5, 0.6) is 0 Å². The molecule has 0 aliphatic rings. The molecule has 1 atom stereocenters. The third kappa shape index (κ3) is 5.10. The molecule has 3 aromatic rings. The topological polar surface area (TPSA) is 119 Å². The number of carbonyl (C=O) groups excluding carboxylic acids is 1. The molecule has 1 aromatic carbocycles. The maximum Gasteiger partial charge on any atom is 0.264 e. The van der Waals surface area contributed by atoms with Crippen LogP contribution < -0.4 is 16.6 Å². The number of nitrogens with zero attached hydrogens (tertiary/aromatic N) is 3. The fourth-order valence-corrected chi connectivity index (χ4v) is 2.86. The van der Waals surface area contributed by atoms with Gasteiger partial charge in [0.2, 0.25) is 0 Å². The van der Waals surface area contributed by atoms with Gasteiger partial charge in [0, 0.05) is 18.7 Å². The molecular weight excluding hydrogens is 392 g/mol. The van der Waals surface area contributed by atoms with Crippen LogP contribution in [-0.4, -0.2) is 32.4 Å². The van der Waals surface area contributed by atoms with Gasteiger partial charge < -0.3 is 11.1 Å². The van der Waals surface area contributed by atoms with Crippen LogP contribution in [0.25, 0.3) is 5.82 Å². The van der Waals surface area contributed by atoms with E-state index >= 15 is 0 Å². The molecule has 3 rings (SSSR count). The SMILES string of the molecule is Cc1c(C(=O)NCC(N)c2ccc(C(C)C)cc2)cnn1-c1ccc(=O)[nH]n1.Cl. The second-order valence-electron chi connectivity index (χ2n) is 6.97. The third-order valence-corrected chi connectivity index (χ3v) is 4.65. The molecule has 8 nitrogen and oxygen atoms in total. The monoisotopic (exact) mass is 416 g/mol. The van der Waals surface area contributed by atoms with E-state index < -0.39 is 0 Å². The minimum Gasteiger partial charge on any atom is -0.350 e. The zero-order valence-electron chi connectivity index (χ0n) is 16.5. The van der Waals surface area contributed by atoms with Crippen LogP contribution >= 0.6 is 12.4 Å². The summed E-state index contributed by atoms with van der Waals surface area (Å²) in [6.45, 7) is 6.35. The highest BCUT2D eigenvalue weighted by molar-refractivity contribution is 5.95. The van der Waals surface area contributed by atoms with Crippen LogP contribution in [0.3, 0.4) is 0 Å². The Labute approximate surface area is 174 Å². The molecule has 0 fully saturated rings. The lowest BCUT2D eigenvalue weighted by Gasteiger charge is -2.14. The van der Waals surface area contributed by atoms with E-state index in [4.69, 9.17) is 5.73 Å². The largest absolute Gasteiger partial charge is 0.350 e. The van der Waals surface area contributed by atoms with Crippen LogP contribution in [-0.2, 0) is 0 Å². The van der Waals surface area contributed by atoms with Gasteiger partial charge >= 0.3 is 0 Å². The Morgan fingerprint density at radius 3 is 2.41 bits per heavy atom. The Kier molecular flexibility index (Phi) is 7.30. The van der Waals surface area contributed by atoms with Crippen molar-refractivity contribution in [1.29, 1.82) is 0 Å². The van der Waals surface area contributed by atoms with Crippen molar-refractivity contribution in [3.05, 3.63) is 75.3 Å². The summed E-state index contributed by atoms with van der Waals surface area (Å²) < 4.78 is 1.50. The van der Waals surface area contributed by atoms with Crippen LogP contribution in [0.15, 0.2) is 47.4 Å². The summed E-state index contributed by atoms with van der Waals surface area (Å²) in [6.07, 6.45) is 1.47. The van der Waals surface area contributed by atoms with Crippen molar-refractivity contribution in [1.82, 2.24) is 25.3 Å². The smallest absolute Gasteiger partial charge is 0.264 e. The lowest BCUT2D eigenvalue weighted by molar-refractivity contribution is 0.0950. The number of nitrogens with one attached hydrogen (secondary N) is 2. The molecular formula is C20H25ClN6O2. The normalized spacial score (nSPS) is 11.8. The predicted molar refractivity (Wildman–Crippen MR) is 114 cm³/mol. The lowest BCUT2D eigenvalue weighted by Crippen LogP contribution is -2.32. The first-order valence-electron chi connectivity index (χ1n) is 9.11. The standard InChI is InChI=1S/C20H24N6O2.ClH/c1-12(2)14-4-6-15(7-5-14)17(21)11-22-20(28)16-10-23-26(13(16)3)18-8-9-19(27)25-24-18;/h4-10,12,17H,11,21H2,1-3H3,(H,22,28)(H,25,27);1H. The molecule has 29 heavy (non-hydrogen) atoms. The molecule has 0 saturated carbocycles. The number of amides is 1. The summed E-state index contributed by atoms with van der Waals surface area (Å²) in [4.78, 5) is 23.7. The van der Waals surface area contributed by atoms with Crippen LogP contribution in [0.1, 0.15) is 53.0 Å². The fourth-order valence-electron chi connectivity index (χ4n) is 2.86. The second kappa shape index (κ2) is 9.49. The van der Waals surface area contributed by atoms with Crippen molar-refractivity contribution in [2.24, 2.45) is 5.73 Å². The summed E-state index contributed by atoms with van der Waals surface area (Å²) in [7, 11) is 0. The number of hydrogen-bond acceptors (Lipinski definition) is 5. The summed E-state index contributed by atoms with van der Waals surface area (Å²) in [6, 6.07) is 10.7. The second-order valence-corrected chi connectivity index (χ2v) is 6.97. The van der Waals surface area contributed by atoms with E-state index in [-0.39, 0.29) is 29.9 Å². The molecule has 9 heteroatoms. The number of benzene rings is 1. The molecule has 0 aliphatic carbocycles. The zero-order chi connectivity index (χ0) is 20.3. The highest BCUT2D eigenvalue weighted by atomic mass is 35.5. The molecule has 4 N–H and O–H groups in total. The van der Waals surface area contributed by atoms with Crippen LogP contribution in [0.2, 0.25) is 0 Å². The summed E-state index contributed by atoms with van der Waals surface area (Å²) in [5.74, 6) is 0.627. The molecule has 0 spiro atoms. The van der Waals surface area contributed by atoms with Crippen molar-refractivity contribution in [2.75, 3.05) is 6.54 Å². The maximum atomic E-state index is 12.5. The summed E-state index contributed by atoms with van der Waals surface area (Å²) >= 11 is 0. The van der Waals surface area contributed by atoms with E-state index in [1.54, 1.807) is 6.92 Å². The number of hydrogen-bond donors (Lipinski definition) is 3. The Balaban J connectivity index is 0.00000300. The van der Waals surface area contributed by atoms with E-state index in [2.05, 4.69) is 46.6 Å². The van der Waals surface area contributed by atoms with Crippen molar-refractivity contribution in [3.8, 4) is 5.82 Å². The van der Waals surface area contributed by atoms with Gasteiger partial charge in [-0.1, -0.05) is 38.1 Å². The zero-order valence-corrected chi connectivity index (χ0v) is 17.4. The number of rotatable bonds is 6. The van der Waals surface area contributed by atoms with Gasteiger partial charge in [-0.25, -0.2) is 9.78 Å². The first-order valence-corrected chi connectivity index (χ1v) is 9.11. The van der Waals surface area contributed by atoms with Gasteiger partial charge in [-0.15, -0.1) is 12.4 Å². The summed E-state index contributed by atoms with van der Waals surface area (Å²) in [5, 5.41) is 13.3. The van der Waals surface area contributed by atoms with Crippen molar-refractivity contribution in [3.63, 3.8) is 0 Å². The number of carbonyl (C=O) groups is 1. The first-order chi connectivity index (χ1) is 13.4. The molecule has 2 heterocycles. The number of nitrogens with two attached hydrogens (primary N) is 1. The average Bonchev–Trinajstić information content (AvgIpc) is 3.08. The van der Waals surface area contributed by atoms with Crippen LogP contribution in [0, 0.1) is 6.92 Å². The Hall–Kier alpha value is -2.97. The highest BCUT2D eigenvalue weighted by Gasteiger charge is 2.17. The molecule has 1 amide bonds. The van der Waals surface area contributed by atoms with E-state index in [9.17, 15) is 9.59 Å². The molecule has 154 valence electrons. The molecule has 1 unspecified atom stereocenters. The minimum absolute atomic E-state index is 0. The quantitative estimate of drug-likeness (QED) is 0.569. The number of aromatic amines is 1. The van der Waals surface area contributed by atoms with Gasteiger partial charge in [-0.05, 0) is 30.0 Å². The molecule has 0 bridgehead atoms. The summed E-state index contributed by atoms with van der Waals surface area (Å²) in [5.41, 5.74) is 9.17. The minimum atomic E-state index is -0.304. The van der Waals surface area contributed by atoms with Crippen molar-refractivity contribution < 1.29 is 4.79 Å². The van der Waals surface area contributed by atoms with E-state index in [0.29, 0.717) is 29.5 Å². The van der Waals surface area contributed by atoms with Crippen molar-refractivity contribution in [2.45, 2.75) is 32.7 Å². The predicted octanol–water partition coefficient (Wildman–Crippen LogP) is 2.24. The Morgan fingerprint density at radius 2 is 1.83 bits per heavy atom. The van der Waals surface area contributed by atoms with Gasteiger partial charge in [0.25, 0.3) is 11.5 Å².